The van der Waals surface area contributed by atoms with Crippen LogP contribution in [0.2, 0.25) is 5.02 Å². The maximum Gasteiger partial charge on any atom is 0.200 e. The van der Waals surface area contributed by atoms with E-state index in [4.69, 9.17) is 20.8 Å². The first-order chi connectivity index (χ1) is 13.5. The lowest BCUT2D eigenvalue weighted by Gasteiger charge is -2.10. The van der Waals surface area contributed by atoms with Crippen molar-refractivity contribution in [1.82, 2.24) is 0 Å². The van der Waals surface area contributed by atoms with E-state index in [2.05, 4.69) is 19.1 Å². The average molecular weight is 391 g/mol. The summed E-state index contributed by atoms with van der Waals surface area (Å²) in [7, 11) is 0. The van der Waals surface area contributed by atoms with E-state index in [1.165, 1.54) is 5.56 Å². The van der Waals surface area contributed by atoms with E-state index in [1.807, 2.05) is 24.3 Å². The van der Waals surface area contributed by atoms with Crippen LogP contribution in [-0.4, -0.2) is 0 Å². The van der Waals surface area contributed by atoms with Gasteiger partial charge >= 0.3 is 0 Å². The highest BCUT2D eigenvalue weighted by molar-refractivity contribution is 6.30. The first kappa shape index (κ1) is 18.3. The highest BCUT2D eigenvalue weighted by Gasteiger charge is 2.14. The minimum atomic E-state index is -0.0637. The Morgan fingerprint density at radius 1 is 0.929 bits per heavy atom. The molecule has 0 radical (unpaired) electrons. The molecule has 3 nitrogen and oxygen atoms in total. The van der Waals surface area contributed by atoms with Gasteiger partial charge in [0.15, 0.2) is 0 Å². The standard InChI is InChI=1S/C24H19ClO3/c1-15-3-5-17(6-4-15)14-27-20-11-12-21-22(13-20)28-16(2)23(24(21)26)18-7-9-19(25)10-8-18/h3-13H,14H2,1-2H3. The van der Waals surface area contributed by atoms with E-state index >= 15 is 0 Å². The summed E-state index contributed by atoms with van der Waals surface area (Å²) >= 11 is 5.96. The zero-order valence-electron chi connectivity index (χ0n) is 15.7. The van der Waals surface area contributed by atoms with Gasteiger partial charge in [0.2, 0.25) is 5.43 Å². The Hall–Kier alpha value is -3.04. The summed E-state index contributed by atoms with van der Waals surface area (Å²) in [6.45, 7) is 4.30. The van der Waals surface area contributed by atoms with Crippen molar-refractivity contribution in [3.05, 3.63) is 98.9 Å². The van der Waals surface area contributed by atoms with E-state index in [-0.39, 0.29) is 5.43 Å². The molecule has 0 N–H and O–H groups in total. The third-order valence-corrected chi connectivity index (χ3v) is 4.95. The molecule has 0 atom stereocenters. The van der Waals surface area contributed by atoms with Gasteiger partial charge in [0.25, 0.3) is 0 Å². The summed E-state index contributed by atoms with van der Waals surface area (Å²) in [5, 5.41) is 1.15. The second-order valence-corrected chi connectivity index (χ2v) is 7.24. The molecule has 4 heteroatoms. The summed E-state index contributed by atoms with van der Waals surface area (Å²) in [6.07, 6.45) is 0. The van der Waals surface area contributed by atoms with Gasteiger partial charge in [-0.15, -0.1) is 0 Å². The van der Waals surface area contributed by atoms with Gasteiger partial charge in [-0.25, -0.2) is 0 Å². The zero-order chi connectivity index (χ0) is 19.7. The Bertz CT molecular complexity index is 1190. The van der Waals surface area contributed by atoms with Gasteiger partial charge in [0, 0.05) is 11.1 Å². The molecule has 1 aromatic heterocycles. The van der Waals surface area contributed by atoms with Gasteiger partial charge in [-0.3, -0.25) is 4.79 Å². The molecule has 1 heterocycles. The summed E-state index contributed by atoms with van der Waals surface area (Å²) in [5.41, 5.74) is 4.09. The predicted molar refractivity (Wildman–Crippen MR) is 113 cm³/mol. The Morgan fingerprint density at radius 2 is 1.64 bits per heavy atom. The van der Waals surface area contributed by atoms with Crippen LogP contribution in [0.3, 0.4) is 0 Å². The number of hydrogen-bond donors (Lipinski definition) is 0. The van der Waals surface area contributed by atoms with Crippen LogP contribution in [-0.2, 0) is 6.61 Å². The van der Waals surface area contributed by atoms with Crippen molar-refractivity contribution in [2.45, 2.75) is 20.5 Å². The molecular weight excluding hydrogens is 372 g/mol. The van der Waals surface area contributed by atoms with E-state index in [9.17, 15) is 4.79 Å². The van der Waals surface area contributed by atoms with Crippen molar-refractivity contribution in [3.63, 3.8) is 0 Å². The number of ether oxygens (including phenoxy) is 1. The Morgan fingerprint density at radius 3 is 2.36 bits per heavy atom. The third-order valence-electron chi connectivity index (χ3n) is 4.70. The SMILES string of the molecule is Cc1ccc(COc2ccc3c(=O)c(-c4ccc(Cl)cc4)c(C)oc3c2)cc1. The van der Waals surface area contributed by atoms with Crippen molar-refractivity contribution < 1.29 is 9.15 Å². The second-order valence-electron chi connectivity index (χ2n) is 6.80. The topological polar surface area (TPSA) is 39.4 Å². The fraction of sp³-hybridized carbons (Fsp3) is 0.125. The van der Waals surface area contributed by atoms with Crippen molar-refractivity contribution in [2.24, 2.45) is 0 Å². The molecule has 0 aliphatic heterocycles. The summed E-state index contributed by atoms with van der Waals surface area (Å²) in [4.78, 5) is 13.0. The van der Waals surface area contributed by atoms with Crippen molar-refractivity contribution >= 4 is 22.6 Å². The molecule has 0 aliphatic rings. The minimum absolute atomic E-state index is 0.0637. The largest absolute Gasteiger partial charge is 0.489 e. The Balaban J connectivity index is 1.67. The molecule has 28 heavy (non-hydrogen) atoms. The Labute approximate surface area is 168 Å². The maximum atomic E-state index is 13.0. The number of benzene rings is 3. The molecule has 0 fully saturated rings. The molecule has 0 aliphatic carbocycles. The van der Waals surface area contributed by atoms with E-state index in [1.54, 1.807) is 37.3 Å². The van der Waals surface area contributed by atoms with Gasteiger partial charge in [0.05, 0.1) is 10.9 Å². The lowest BCUT2D eigenvalue weighted by Crippen LogP contribution is -2.07. The van der Waals surface area contributed by atoms with E-state index < -0.39 is 0 Å². The van der Waals surface area contributed by atoms with Crippen LogP contribution in [0, 0.1) is 13.8 Å². The van der Waals surface area contributed by atoms with Crippen LogP contribution in [0.15, 0.2) is 75.9 Å². The normalized spacial score (nSPS) is 11.0. The molecule has 0 saturated carbocycles. The lowest BCUT2D eigenvalue weighted by molar-refractivity contribution is 0.306. The quantitative estimate of drug-likeness (QED) is 0.410. The number of hydrogen-bond acceptors (Lipinski definition) is 3. The molecule has 0 spiro atoms. The zero-order valence-corrected chi connectivity index (χ0v) is 16.4. The number of rotatable bonds is 4. The first-order valence-electron chi connectivity index (χ1n) is 9.03. The van der Waals surface area contributed by atoms with Crippen molar-refractivity contribution in [3.8, 4) is 16.9 Å². The average Bonchev–Trinajstić information content (AvgIpc) is 2.69. The van der Waals surface area contributed by atoms with E-state index in [0.29, 0.717) is 39.7 Å². The van der Waals surface area contributed by atoms with Crippen LogP contribution in [0.1, 0.15) is 16.9 Å². The first-order valence-corrected chi connectivity index (χ1v) is 9.41. The lowest BCUT2D eigenvalue weighted by atomic mass is 10.0. The molecular formula is C24H19ClO3. The molecule has 0 unspecified atom stereocenters. The number of aryl methyl sites for hydroxylation is 2. The van der Waals surface area contributed by atoms with Gasteiger partial charge in [0.1, 0.15) is 23.7 Å². The van der Waals surface area contributed by atoms with Crippen LogP contribution < -0.4 is 10.2 Å². The van der Waals surface area contributed by atoms with Gasteiger partial charge in [-0.05, 0) is 49.2 Å². The molecule has 140 valence electrons. The van der Waals surface area contributed by atoms with Gasteiger partial charge in [-0.1, -0.05) is 53.6 Å². The third kappa shape index (κ3) is 3.67. The van der Waals surface area contributed by atoms with Crippen LogP contribution >= 0.6 is 11.6 Å². The van der Waals surface area contributed by atoms with Crippen LogP contribution in [0.25, 0.3) is 22.1 Å². The highest BCUT2D eigenvalue weighted by Crippen LogP contribution is 2.27. The highest BCUT2D eigenvalue weighted by atomic mass is 35.5. The van der Waals surface area contributed by atoms with Crippen LogP contribution in [0.5, 0.6) is 5.75 Å². The maximum absolute atomic E-state index is 13.0. The summed E-state index contributed by atoms with van der Waals surface area (Å²) in [6, 6.07) is 20.7. The predicted octanol–water partition coefficient (Wildman–Crippen LogP) is 6.31. The van der Waals surface area contributed by atoms with Gasteiger partial charge < -0.3 is 9.15 Å². The van der Waals surface area contributed by atoms with Gasteiger partial charge in [-0.2, -0.15) is 0 Å². The Kier molecular flexibility index (Phi) is 4.93. The fourth-order valence-electron chi connectivity index (χ4n) is 3.18. The molecule has 0 amide bonds. The molecule has 0 saturated heterocycles. The number of fused-ring (bicyclic) bond motifs is 1. The molecule has 4 aromatic rings. The molecule has 3 aromatic carbocycles. The summed E-state index contributed by atoms with van der Waals surface area (Å²) < 4.78 is 11.8. The smallest absolute Gasteiger partial charge is 0.200 e. The minimum Gasteiger partial charge on any atom is -0.489 e. The fourth-order valence-corrected chi connectivity index (χ4v) is 3.30. The summed E-state index contributed by atoms with van der Waals surface area (Å²) in [5.74, 6) is 1.23. The van der Waals surface area contributed by atoms with Crippen LogP contribution in [0.4, 0.5) is 0 Å². The number of halogens is 1. The van der Waals surface area contributed by atoms with E-state index in [0.717, 1.165) is 11.1 Å². The second kappa shape index (κ2) is 7.53. The van der Waals surface area contributed by atoms with Crippen molar-refractivity contribution in [2.75, 3.05) is 0 Å². The monoisotopic (exact) mass is 390 g/mol. The van der Waals surface area contributed by atoms with Crippen molar-refractivity contribution in [1.29, 1.82) is 0 Å². The molecule has 4 rings (SSSR count). The molecule has 0 bridgehead atoms.